The molecule has 1 saturated heterocycles. The lowest BCUT2D eigenvalue weighted by Crippen LogP contribution is -2.54. The summed E-state index contributed by atoms with van der Waals surface area (Å²) in [4.78, 5) is 39.0. The summed E-state index contributed by atoms with van der Waals surface area (Å²) in [7, 11) is 0. The number of aryl methyl sites for hydroxylation is 1. The predicted octanol–water partition coefficient (Wildman–Crippen LogP) is 6.37. The molecule has 0 saturated carbocycles. The topological polar surface area (TPSA) is 71.4 Å². The number of nitrogens with one attached hydrogen (secondary N) is 1. The number of urea groups is 1. The highest BCUT2D eigenvalue weighted by atomic mass is 35.5. The van der Waals surface area contributed by atoms with Gasteiger partial charge in [0.2, 0.25) is 0 Å². The van der Waals surface area contributed by atoms with Gasteiger partial charge in [-0.2, -0.15) is 0 Å². The average molecular weight is 523 g/mol. The number of barbiturate groups is 1. The van der Waals surface area contributed by atoms with E-state index in [1.165, 1.54) is 18.2 Å². The van der Waals surface area contributed by atoms with Gasteiger partial charge in [0.25, 0.3) is 11.8 Å². The van der Waals surface area contributed by atoms with Gasteiger partial charge in [-0.25, -0.2) is 9.69 Å². The van der Waals surface area contributed by atoms with E-state index in [0.29, 0.717) is 15.6 Å². The van der Waals surface area contributed by atoms with Crippen LogP contribution in [0, 0.1) is 13.8 Å². The molecule has 0 radical (unpaired) electrons. The molecule has 0 atom stereocenters. The maximum absolute atomic E-state index is 13.2. The molecule has 2 aromatic carbocycles. The average Bonchev–Trinajstić information content (AvgIpc) is 3.03. The molecule has 33 heavy (non-hydrogen) atoms. The lowest BCUT2D eigenvalue weighted by molar-refractivity contribution is -0.122. The summed E-state index contributed by atoms with van der Waals surface area (Å²) >= 11 is 24.4. The third-order valence-corrected chi connectivity index (χ3v) is 6.75. The van der Waals surface area contributed by atoms with Gasteiger partial charge in [-0.05, 0) is 61.9 Å². The lowest BCUT2D eigenvalue weighted by Gasteiger charge is -2.27. The molecule has 3 aromatic rings. The first kappa shape index (κ1) is 23.4. The van der Waals surface area contributed by atoms with Crippen molar-refractivity contribution < 1.29 is 14.4 Å². The van der Waals surface area contributed by atoms with Crippen molar-refractivity contribution in [1.82, 2.24) is 9.88 Å². The van der Waals surface area contributed by atoms with Gasteiger partial charge in [-0.1, -0.05) is 52.5 Å². The number of anilines is 1. The first-order chi connectivity index (χ1) is 15.6. The van der Waals surface area contributed by atoms with E-state index in [1.807, 2.05) is 30.5 Å². The molecule has 4 amide bonds. The number of benzene rings is 2. The summed E-state index contributed by atoms with van der Waals surface area (Å²) in [6.45, 7) is 3.71. The van der Waals surface area contributed by atoms with Gasteiger partial charge in [0.15, 0.2) is 0 Å². The zero-order chi connectivity index (χ0) is 24.0. The number of imide groups is 2. The molecule has 1 aliphatic rings. The van der Waals surface area contributed by atoms with Crippen molar-refractivity contribution in [2.75, 3.05) is 4.90 Å². The van der Waals surface area contributed by atoms with E-state index in [0.717, 1.165) is 22.0 Å². The van der Waals surface area contributed by atoms with E-state index < -0.39 is 17.8 Å². The molecule has 4 rings (SSSR count). The molecule has 1 aromatic heterocycles. The molecule has 6 nitrogen and oxygen atoms in total. The molecule has 1 N–H and O–H groups in total. The zero-order valence-corrected chi connectivity index (χ0v) is 20.3. The molecule has 0 bridgehead atoms. The second-order valence-electron chi connectivity index (χ2n) is 7.29. The van der Waals surface area contributed by atoms with Crippen LogP contribution in [0.1, 0.15) is 17.0 Å². The molecule has 0 spiro atoms. The molecule has 1 fully saturated rings. The minimum atomic E-state index is -0.910. The number of hydrogen-bond acceptors (Lipinski definition) is 3. The third-order valence-electron chi connectivity index (χ3n) is 5.21. The molecular weight excluding hydrogens is 508 g/mol. The van der Waals surface area contributed by atoms with Gasteiger partial charge < -0.3 is 4.57 Å². The van der Waals surface area contributed by atoms with Crippen LogP contribution in [-0.4, -0.2) is 22.4 Å². The smallest absolute Gasteiger partial charge is 0.318 e. The normalized spacial score (nSPS) is 15.4. The van der Waals surface area contributed by atoms with Crippen molar-refractivity contribution in [1.29, 1.82) is 0 Å². The van der Waals surface area contributed by atoms with E-state index in [-0.39, 0.29) is 21.3 Å². The highest BCUT2D eigenvalue weighted by molar-refractivity contribution is 6.46. The fourth-order valence-electron chi connectivity index (χ4n) is 3.65. The molecule has 1 aliphatic heterocycles. The Balaban J connectivity index is 1.79. The quantitative estimate of drug-likeness (QED) is 0.320. The largest absolute Gasteiger partial charge is 0.336 e. The number of carbonyl (C=O) groups excluding carboxylic acids is 3. The van der Waals surface area contributed by atoms with Crippen LogP contribution in [0.4, 0.5) is 10.5 Å². The van der Waals surface area contributed by atoms with Gasteiger partial charge in [-0.15, -0.1) is 0 Å². The summed E-state index contributed by atoms with van der Waals surface area (Å²) in [6, 6.07) is 10.7. The molecule has 0 aliphatic carbocycles. The fourth-order valence-corrected chi connectivity index (χ4v) is 4.32. The van der Waals surface area contributed by atoms with Gasteiger partial charge in [0.05, 0.1) is 25.8 Å². The number of carbonyl (C=O) groups is 3. The monoisotopic (exact) mass is 521 g/mol. The Morgan fingerprint density at radius 3 is 2.30 bits per heavy atom. The van der Waals surface area contributed by atoms with Crippen molar-refractivity contribution in [2.24, 2.45) is 0 Å². The van der Waals surface area contributed by atoms with Crippen molar-refractivity contribution in [3.63, 3.8) is 0 Å². The molecule has 10 heteroatoms. The van der Waals surface area contributed by atoms with Gasteiger partial charge >= 0.3 is 6.03 Å². The fraction of sp³-hybridized carbons (Fsp3) is 0.0870. The minimum Gasteiger partial charge on any atom is -0.318 e. The van der Waals surface area contributed by atoms with Crippen LogP contribution in [0.25, 0.3) is 11.8 Å². The van der Waals surface area contributed by atoms with Crippen molar-refractivity contribution in [2.45, 2.75) is 13.8 Å². The van der Waals surface area contributed by atoms with Crippen molar-refractivity contribution >= 4 is 76.0 Å². The Hall–Kier alpha value is -2.77. The van der Waals surface area contributed by atoms with Crippen LogP contribution in [0.3, 0.4) is 0 Å². The predicted molar refractivity (Wildman–Crippen MR) is 131 cm³/mol. The zero-order valence-electron chi connectivity index (χ0n) is 17.2. The Kier molecular flexibility index (Phi) is 6.29. The molecule has 168 valence electrons. The van der Waals surface area contributed by atoms with E-state index in [2.05, 4.69) is 5.32 Å². The van der Waals surface area contributed by atoms with E-state index in [1.54, 1.807) is 18.2 Å². The van der Waals surface area contributed by atoms with Crippen LogP contribution in [0.15, 0.2) is 48.0 Å². The SMILES string of the molecule is Cc1cc(/C=C2/C(=O)NC(=O)N(c3cccc(Cl)c3Cl)C2=O)c(C)n1-c1ccc(Cl)c(Cl)c1. The van der Waals surface area contributed by atoms with Crippen LogP contribution in [0.5, 0.6) is 0 Å². The van der Waals surface area contributed by atoms with E-state index >= 15 is 0 Å². The van der Waals surface area contributed by atoms with Crippen LogP contribution >= 0.6 is 46.4 Å². The minimum absolute atomic E-state index is 0.0224. The summed E-state index contributed by atoms with van der Waals surface area (Å²) in [5, 5.41) is 3.20. The number of aromatic nitrogens is 1. The number of hydrogen-bond donors (Lipinski definition) is 1. The van der Waals surface area contributed by atoms with Gasteiger partial charge in [-0.3, -0.25) is 14.9 Å². The molecule has 2 heterocycles. The Morgan fingerprint density at radius 1 is 0.879 bits per heavy atom. The second kappa shape index (κ2) is 8.88. The van der Waals surface area contributed by atoms with Crippen LogP contribution in [-0.2, 0) is 9.59 Å². The van der Waals surface area contributed by atoms with Crippen LogP contribution < -0.4 is 10.2 Å². The summed E-state index contributed by atoms with van der Waals surface area (Å²) in [6.07, 6.45) is 1.44. The lowest BCUT2D eigenvalue weighted by atomic mass is 10.1. The Morgan fingerprint density at radius 2 is 1.61 bits per heavy atom. The number of amides is 4. The van der Waals surface area contributed by atoms with E-state index in [4.69, 9.17) is 46.4 Å². The number of rotatable bonds is 3. The molecule has 0 unspecified atom stereocenters. The van der Waals surface area contributed by atoms with Gasteiger partial charge in [0.1, 0.15) is 5.57 Å². The second-order valence-corrected chi connectivity index (χ2v) is 8.89. The first-order valence-corrected chi connectivity index (χ1v) is 11.1. The maximum atomic E-state index is 13.2. The van der Waals surface area contributed by atoms with Gasteiger partial charge in [0, 0.05) is 17.1 Å². The van der Waals surface area contributed by atoms with E-state index in [9.17, 15) is 14.4 Å². The molecular formula is C23H15Cl4N3O3. The number of nitrogens with zero attached hydrogens (tertiary/aromatic N) is 2. The Labute approximate surface area is 209 Å². The third kappa shape index (κ3) is 4.15. The maximum Gasteiger partial charge on any atom is 0.336 e. The Bertz CT molecular complexity index is 1380. The van der Waals surface area contributed by atoms with Crippen LogP contribution in [0.2, 0.25) is 20.1 Å². The van der Waals surface area contributed by atoms with Crippen molar-refractivity contribution in [3.05, 3.63) is 85.1 Å². The first-order valence-electron chi connectivity index (χ1n) is 9.60. The highest BCUT2D eigenvalue weighted by Crippen LogP contribution is 2.35. The highest BCUT2D eigenvalue weighted by Gasteiger charge is 2.38. The summed E-state index contributed by atoms with van der Waals surface area (Å²) in [5.74, 6) is -1.62. The van der Waals surface area contributed by atoms with Crippen molar-refractivity contribution in [3.8, 4) is 5.69 Å². The summed E-state index contributed by atoms with van der Waals surface area (Å²) in [5.41, 5.74) is 2.83. The summed E-state index contributed by atoms with van der Waals surface area (Å²) < 4.78 is 1.91. The number of halogens is 4. The standard InChI is InChI=1S/C23H15Cl4N3O3/c1-11-8-13(12(2)29(11)14-6-7-16(24)18(26)10-14)9-15-21(31)28-23(33)30(22(15)32)19-5-3-4-17(25)20(19)27/h3-10H,1-2H3,(H,28,31,33)/b15-9-.